The maximum Gasteiger partial charge on any atom is 0.277 e. The number of hydrogen-bond acceptors (Lipinski definition) is 5. The lowest BCUT2D eigenvalue weighted by molar-refractivity contribution is -0.123. The van der Waals surface area contributed by atoms with Crippen molar-refractivity contribution in [1.82, 2.24) is 5.43 Å². The highest BCUT2D eigenvalue weighted by Crippen LogP contribution is 2.23. The summed E-state index contributed by atoms with van der Waals surface area (Å²) in [6.07, 6.45) is 1.48. The van der Waals surface area contributed by atoms with Gasteiger partial charge >= 0.3 is 0 Å². The maximum atomic E-state index is 11.7. The molecule has 0 atom stereocenters. The summed E-state index contributed by atoms with van der Waals surface area (Å²) in [7, 11) is 3.12. The van der Waals surface area contributed by atoms with E-state index in [1.165, 1.54) is 6.21 Å². The first-order chi connectivity index (χ1) is 11.6. The van der Waals surface area contributed by atoms with Gasteiger partial charge in [0.05, 0.1) is 20.4 Å². The fraction of sp³-hybridized carbons (Fsp3) is 0.176. The van der Waals surface area contributed by atoms with Crippen molar-refractivity contribution < 1.29 is 19.0 Å². The van der Waals surface area contributed by atoms with Crippen LogP contribution >= 0.6 is 11.6 Å². The predicted octanol–water partition coefficient (Wildman–Crippen LogP) is 2.89. The van der Waals surface area contributed by atoms with Crippen LogP contribution in [0.3, 0.4) is 0 Å². The van der Waals surface area contributed by atoms with E-state index >= 15 is 0 Å². The number of carbonyl (C=O) groups is 1. The molecule has 126 valence electrons. The SMILES string of the molecule is COc1ccc(/C=N/NC(=O)COc2cccc(Cl)c2)c(OC)c1. The zero-order valence-corrected chi connectivity index (χ0v) is 14.0. The lowest BCUT2D eigenvalue weighted by Crippen LogP contribution is -2.24. The van der Waals surface area contributed by atoms with Crippen LogP contribution in [0.5, 0.6) is 17.2 Å². The Hall–Kier alpha value is -2.73. The minimum Gasteiger partial charge on any atom is -0.497 e. The molecule has 0 unspecified atom stereocenters. The van der Waals surface area contributed by atoms with Crippen molar-refractivity contribution in [1.29, 1.82) is 0 Å². The summed E-state index contributed by atoms with van der Waals surface area (Å²) >= 11 is 5.84. The minimum atomic E-state index is -0.390. The van der Waals surface area contributed by atoms with Crippen LogP contribution < -0.4 is 19.6 Å². The Morgan fingerprint density at radius 3 is 2.71 bits per heavy atom. The molecule has 0 aliphatic carbocycles. The molecule has 0 aliphatic heterocycles. The first kappa shape index (κ1) is 17.6. The van der Waals surface area contributed by atoms with E-state index in [2.05, 4.69) is 10.5 Å². The molecule has 2 aromatic carbocycles. The number of hydrazone groups is 1. The zero-order valence-electron chi connectivity index (χ0n) is 13.3. The number of halogens is 1. The van der Waals surface area contributed by atoms with E-state index in [0.717, 1.165) is 0 Å². The van der Waals surface area contributed by atoms with Crippen molar-refractivity contribution >= 4 is 23.7 Å². The second-order valence-electron chi connectivity index (χ2n) is 4.65. The van der Waals surface area contributed by atoms with Crippen molar-refractivity contribution in [3.63, 3.8) is 0 Å². The summed E-state index contributed by atoms with van der Waals surface area (Å²) in [5.74, 6) is 1.38. The van der Waals surface area contributed by atoms with Crippen molar-refractivity contribution in [2.45, 2.75) is 0 Å². The number of amides is 1. The summed E-state index contributed by atoms with van der Waals surface area (Å²) < 4.78 is 15.7. The van der Waals surface area contributed by atoms with Gasteiger partial charge in [-0.2, -0.15) is 5.10 Å². The molecule has 0 saturated heterocycles. The van der Waals surface area contributed by atoms with Gasteiger partial charge in [0, 0.05) is 16.7 Å². The zero-order chi connectivity index (χ0) is 17.4. The number of ether oxygens (including phenoxy) is 3. The average Bonchev–Trinajstić information content (AvgIpc) is 2.60. The van der Waals surface area contributed by atoms with Gasteiger partial charge in [-0.15, -0.1) is 0 Å². The third-order valence-corrected chi connectivity index (χ3v) is 3.23. The highest BCUT2D eigenvalue weighted by molar-refractivity contribution is 6.30. The molecular weight excluding hydrogens is 332 g/mol. The molecule has 2 rings (SSSR count). The van der Waals surface area contributed by atoms with E-state index in [-0.39, 0.29) is 6.61 Å². The van der Waals surface area contributed by atoms with Crippen LogP contribution in [-0.4, -0.2) is 32.9 Å². The highest BCUT2D eigenvalue weighted by atomic mass is 35.5. The van der Waals surface area contributed by atoms with Crippen molar-refractivity contribution in [2.75, 3.05) is 20.8 Å². The largest absolute Gasteiger partial charge is 0.497 e. The number of nitrogens with one attached hydrogen (secondary N) is 1. The van der Waals surface area contributed by atoms with Gasteiger partial charge in [0.25, 0.3) is 5.91 Å². The molecule has 2 aromatic rings. The van der Waals surface area contributed by atoms with Gasteiger partial charge in [0.1, 0.15) is 17.2 Å². The van der Waals surface area contributed by atoms with Gasteiger partial charge in [-0.25, -0.2) is 5.43 Å². The molecule has 0 aliphatic rings. The van der Waals surface area contributed by atoms with Crippen LogP contribution in [0.4, 0.5) is 0 Å². The Morgan fingerprint density at radius 2 is 2.00 bits per heavy atom. The number of carbonyl (C=O) groups excluding carboxylic acids is 1. The van der Waals surface area contributed by atoms with E-state index < -0.39 is 5.91 Å². The fourth-order valence-corrected chi connectivity index (χ4v) is 2.02. The molecule has 0 radical (unpaired) electrons. The van der Waals surface area contributed by atoms with E-state index in [0.29, 0.717) is 27.8 Å². The normalized spacial score (nSPS) is 10.5. The lowest BCUT2D eigenvalue weighted by atomic mass is 10.2. The summed E-state index contributed by atoms with van der Waals surface area (Å²) in [6.45, 7) is -0.169. The van der Waals surface area contributed by atoms with Crippen LogP contribution in [0.1, 0.15) is 5.56 Å². The standard InChI is InChI=1S/C17H17ClN2O4/c1-22-14-7-6-12(16(9-14)23-2)10-19-20-17(21)11-24-15-5-3-4-13(18)8-15/h3-10H,11H2,1-2H3,(H,20,21)/b19-10+. The minimum absolute atomic E-state index is 0.169. The molecule has 0 saturated carbocycles. The van der Waals surface area contributed by atoms with Gasteiger partial charge in [-0.3, -0.25) is 4.79 Å². The molecule has 7 heteroatoms. The molecule has 0 aromatic heterocycles. The van der Waals surface area contributed by atoms with E-state index in [1.54, 1.807) is 56.7 Å². The van der Waals surface area contributed by atoms with E-state index in [1.807, 2.05) is 0 Å². The lowest BCUT2D eigenvalue weighted by Gasteiger charge is -2.07. The number of nitrogens with zero attached hydrogens (tertiary/aromatic N) is 1. The van der Waals surface area contributed by atoms with Gasteiger partial charge < -0.3 is 14.2 Å². The topological polar surface area (TPSA) is 69.2 Å². The van der Waals surface area contributed by atoms with Crippen molar-refractivity contribution in [2.24, 2.45) is 5.10 Å². The average molecular weight is 349 g/mol. The second kappa shape index (κ2) is 8.79. The highest BCUT2D eigenvalue weighted by Gasteiger charge is 2.04. The maximum absolute atomic E-state index is 11.7. The molecule has 0 spiro atoms. The third-order valence-electron chi connectivity index (χ3n) is 3.00. The smallest absolute Gasteiger partial charge is 0.277 e. The van der Waals surface area contributed by atoms with Crippen LogP contribution in [0.15, 0.2) is 47.6 Å². The Balaban J connectivity index is 1.88. The number of methoxy groups -OCH3 is 2. The Bertz CT molecular complexity index is 734. The first-order valence-corrected chi connectivity index (χ1v) is 7.42. The number of rotatable bonds is 7. The van der Waals surface area contributed by atoms with Gasteiger partial charge in [-0.05, 0) is 30.3 Å². The summed E-state index contributed by atoms with van der Waals surface area (Å²) in [4.78, 5) is 11.7. The summed E-state index contributed by atoms with van der Waals surface area (Å²) in [5.41, 5.74) is 3.08. The van der Waals surface area contributed by atoms with Crippen molar-refractivity contribution in [3.05, 3.63) is 53.1 Å². The molecular formula is C17H17ClN2O4. The molecule has 24 heavy (non-hydrogen) atoms. The monoisotopic (exact) mass is 348 g/mol. The van der Waals surface area contributed by atoms with Gasteiger partial charge in [-0.1, -0.05) is 17.7 Å². The van der Waals surface area contributed by atoms with Gasteiger partial charge in [0.2, 0.25) is 0 Å². The van der Waals surface area contributed by atoms with Gasteiger partial charge in [0.15, 0.2) is 6.61 Å². The molecule has 0 heterocycles. The molecule has 1 amide bonds. The molecule has 0 fully saturated rings. The summed E-state index contributed by atoms with van der Waals surface area (Å²) in [6, 6.07) is 12.1. The van der Waals surface area contributed by atoms with Crippen LogP contribution in [0.25, 0.3) is 0 Å². The molecule has 0 bridgehead atoms. The first-order valence-electron chi connectivity index (χ1n) is 7.04. The van der Waals surface area contributed by atoms with E-state index in [9.17, 15) is 4.79 Å². The number of benzene rings is 2. The quantitative estimate of drug-likeness (QED) is 0.617. The third kappa shape index (κ3) is 5.17. The van der Waals surface area contributed by atoms with Crippen LogP contribution in [0.2, 0.25) is 5.02 Å². The Kier molecular flexibility index (Phi) is 6.45. The second-order valence-corrected chi connectivity index (χ2v) is 5.08. The molecule has 1 N–H and O–H groups in total. The van der Waals surface area contributed by atoms with E-state index in [4.69, 9.17) is 25.8 Å². The van der Waals surface area contributed by atoms with Crippen LogP contribution in [0, 0.1) is 0 Å². The van der Waals surface area contributed by atoms with Crippen molar-refractivity contribution in [3.8, 4) is 17.2 Å². The Morgan fingerprint density at radius 1 is 1.17 bits per heavy atom. The Labute approximate surface area is 145 Å². The fourth-order valence-electron chi connectivity index (χ4n) is 1.84. The summed E-state index contributed by atoms with van der Waals surface area (Å²) in [5, 5.41) is 4.42. The predicted molar refractivity (Wildman–Crippen MR) is 92.2 cm³/mol. The van der Waals surface area contributed by atoms with Crippen LogP contribution in [-0.2, 0) is 4.79 Å². The molecule has 6 nitrogen and oxygen atoms in total. The number of hydrogen-bond donors (Lipinski definition) is 1.